The first kappa shape index (κ1) is 44.9. The maximum atomic E-state index is 14.3. The quantitative estimate of drug-likeness (QED) is 0.193. The Labute approximate surface area is 357 Å². The molecule has 3 aliphatic heterocycles. The normalized spacial score (nSPS) is 29.2. The Balaban J connectivity index is 1.33. The SMILES string of the molecule is CO[C@@H]1/C=C/C=C(\C)Cc2cc(C)c(Cl)c(c2)N(C)C(=O)C[C@H](OC(=O)[C@H](C)N(C)C(=O)c2ccc(CC(C)C)c3cccnc23)[C@]2(C)O[C@H]2[C@H](C)[C@@H]2C[C@@]1(O)CC(=O)O2. The van der Waals surface area contributed by atoms with Gasteiger partial charge in [-0.25, -0.2) is 4.79 Å². The van der Waals surface area contributed by atoms with Crippen LogP contribution < -0.4 is 4.90 Å². The number of aliphatic hydroxyl groups is 1. The highest BCUT2D eigenvalue weighted by molar-refractivity contribution is 6.34. The Hall–Kier alpha value is -4.62. The van der Waals surface area contributed by atoms with Crippen molar-refractivity contribution in [3.8, 4) is 0 Å². The van der Waals surface area contributed by atoms with Crippen molar-refractivity contribution in [1.29, 1.82) is 0 Å². The van der Waals surface area contributed by atoms with Gasteiger partial charge in [0.1, 0.15) is 35.6 Å². The molecule has 0 aliphatic carbocycles. The Morgan fingerprint density at radius 3 is 2.58 bits per heavy atom. The number of halogens is 1. The number of fused-ring (bicyclic) bond motifs is 6. The molecule has 60 heavy (non-hydrogen) atoms. The minimum atomic E-state index is -1.58. The molecule has 13 heteroatoms. The van der Waals surface area contributed by atoms with Crippen LogP contribution in [0.25, 0.3) is 10.9 Å². The van der Waals surface area contributed by atoms with Gasteiger partial charge >= 0.3 is 11.9 Å². The van der Waals surface area contributed by atoms with Crippen LogP contribution in [0.4, 0.5) is 5.69 Å². The fourth-order valence-electron chi connectivity index (χ4n) is 8.68. The largest absolute Gasteiger partial charge is 0.462 e. The number of carbonyl (C=O) groups is 4. The molecule has 3 aromatic rings. The number of nitrogens with zero attached hydrogens (tertiary/aromatic N) is 3. The van der Waals surface area contributed by atoms with Crippen LogP contribution in [0.2, 0.25) is 5.02 Å². The molecule has 2 amide bonds. The van der Waals surface area contributed by atoms with Gasteiger partial charge < -0.3 is 33.9 Å². The second kappa shape index (κ2) is 17.8. The number of esters is 2. The van der Waals surface area contributed by atoms with Crippen molar-refractivity contribution in [1.82, 2.24) is 9.88 Å². The standard InChI is InChI=1S/C47H58ClN3O9/c1-26(2)19-32-16-17-34(42-33(32)14-12-18-49-42)44(54)50(8)30(6)45(55)59-38-23-39(52)51(9)35-22-31(21-28(4)41(35)48)20-27(3)13-11-15-37(57-10)47(56)24-36(58-40(53)25-47)29(5)43-46(38,7)60-43/h11-18,21-22,26,29-30,36-38,43,56H,19-20,23-25H2,1-10H3/b15-11+,27-13+/t29-,30+,36+,37-,38+,43+,46+,47-/m1/s1. The fraction of sp³-hybridized carbons (Fsp3) is 0.511. The summed E-state index contributed by atoms with van der Waals surface area (Å²) in [5.74, 6) is -2.23. The number of rotatable bonds is 7. The van der Waals surface area contributed by atoms with Gasteiger partial charge in [-0.15, -0.1) is 0 Å². The van der Waals surface area contributed by atoms with Gasteiger partial charge in [0, 0.05) is 45.1 Å². The number of allylic oxidation sites excluding steroid dienone is 3. The Morgan fingerprint density at radius 1 is 1.15 bits per heavy atom. The highest BCUT2D eigenvalue weighted by Crippen LogP contribution is 2.50. The van der Waals surface area contributed by atoms with Gasteiger partial charge in [0.15, 0.2) is 0 Å². The fourth-order valence-corrected chi connectivity index (χ4v) is 8.92. The summed E-state index contributed by atoms with van der Waals surface area (Å²) in [6.07, 6.45) is 4.56. The minimum Gasteiger partial charge on any atom is -0.462 e. The lowest BCUT2D eigenvalue weighted by Gasteiger charge is -2.41. The molecule has 0 radical (unpaired) electrons. The number of pyridine rings is 1. The number of likely N-dealkylation sites (N-methyl/N-ethyl adjacent to an activating group) is 1. The van der Waals surface area contributed by atoms with E-state index in [9.17, 15) is 24.3 Å². The van der Waals surface area contributed by atoms with E-state index in [0.717, 1.165) is 34.1 Å². The maximum Gasteiger partial charge on any atom is 0.328 e. The van der Waals surface area contributed by atoms with Crippen molar-refractivity contribution in [3.63, 3.8) is 0 Å². The van der Waals surface area contributed by atoms with Crippen LogP contribution in [0.1, 0.15) is 87.9 Å². The van der Waals surface area contributed by atoms with E-state index in [4.69, 9.17) is 30.5 Å². The lowest BCUT2D eigenvalue weighted by molar-refractivity contribution is -0.187. The number of epoxide rings is 1. The van der Waals surface area contributed by atoms with Crippen LogP contribution >= 0.6 is 11.6 Å². The van der Waals surface area contributed by atoms with Crippen LogP contribution in [-0.2, 0) is 46.2 Å². The summed E-state index contributed by atoms with van der Waals surface area (Å²) in [6.45, 7) is 13.3. The Morgan fingerprint density at radius 2 is 1.88 bits per heavy atom. The monoisotopic (exact) mass is 843 g/mol. The average Bonchev–Trinajstić information content (AvgIpc) is 3.90. The third kappa shape index (κ3) is 9.17. The first-order valence-corrected chi connectivity index (χ1v) is 21.0. The van der Waals surface area contributed by atoms with E-state index < -0.39 is 65.4 Å². The molecule has 4 bridgehead atoms. The smallest absolute Gasteiger partial charge is 0.328 e. The first-order valence-electron chi connectivity index (χ1n) is 20.6. The summed E-state index contributed by atoms with van der Waals surface area (Å²) in [5.41, 5.74) is 2.37. The number of hydrogen-bond donors (Lipinski definition) is 1. The first-order chi connectivity index (χ1) is 28.3. The zero-order chi connectivity index (χ0) is 43.8. The summed E-state index contributed by atoms with van der Waals surface area (Å²) >= 11 is 6.84. The van der Waals surface area contributed by atoms with Gasteiger partial charge in [-0.2, -0.15) is 0 Å². The molecule has 3 aliphatic rings. The molecule has 2 fully saturated rings. The van der Waals surface area contributed by atoms with E-state index in [1.165, 1.54) is 24.0 Å². The highest BCUT2D eigenvalue weighted by Gasteiger charge is 2.64. The lowest BCUT2D eigenvalue weighted by atomic mass is 9.78. The van der Waals surface area contributed by atoms with Gasteiger partial charge in [0.05, 0.1) is 40.7 Å². The number of aryl methyl sites for hydroxylation is 1. The van der Waals surface area contributed by atoms with Gasteiger partial charge in [0.2, 0.25) is 5.91 Å². The molecular formula is C47H58ClN3O9. The highest BCUT2D eigenvalue weighted by atomic mass is 35.5. The van der Waals surface area contributed by atoms with Crippen LogP contribution in [0.3, 0.4) is 0 Å². The molecule has 1 N–H and O–H groups in total. The molecule has 4 heterocycles. The summed E-state index contributed by atoms with van der Waals surface area (Å²) in [5, 5.41) is 13.2. The van der Waals surface area contributed by atoms with Crippen molar-refractivity contribution in [3.05, 3.63) is 93.7 Å². The van der Waals surface area contributed by atoms with Crippen LogP contribution in [-0.4, -0.2) is 102 Å². The number of aromatic nitrogens is 1. The van der Waals surface area contributed by atoms with Gasteiger partial charge in [-0.1, -0.05) is 74.4 Å². The second-order valence-corrected chi connectivity index (χ2v) is 17.9. The topological polar surface area (TPSA) is 148 Å². The molecule has 6 rings (SSSR count). The van der Waals surface area contributed by atoms with Crippen molar-refractivity contribution in [2.24, 2.45) is 11.8 Å². The summed E-state index contributed by atoms with van der Waals surface area (Å²) in [4.78, 5) is 63.0. The second-order valence-electron chi connectivity index (χ2n) is 17.5. The number of hydrogen-bond acceptors (Lipinski definition) is 10. The van der Waals surface area contributed by atoms with Crippen LogP contribution in [0.15, 0.2) is 66.4 Å². The van der Waals surface area contributed by atoms with Gasteiger partial charge in [-0.3, -0.25) is 19.4 Å². The number of carbonyl (C=O) groups excluding carboxylic acids is 4. The predicted octanol–water partition coefficient (Wildman–Crippen LogP) is 7.12. The Bertz CT molecular complexity index is 2220. The number of benzene rings is 2. The summed E-state index contributed by atoms with van der Waals surface area (Å²) in [6, 6.07) is 10.2. The maximum absolute atomic E-state index is 14.3. The summed E-state index contributed by atoms with van der Waals surface area (Å²) < 4.78 is 24.2. The zero-order valence-electron chi connectivity index (χ0n) is 36.3. The lowest BCUT2D eigenvalue weighted by Crippen LogP contribution is -2.53. The molecule has 0 saturated carbocycles. The summed E-state index contributed by atoms with van der Waals surface area (Å²) in [7, 11) is 4.64. The molecular weight excluding hydrogens is 786 g/mol. The zero-order valence-corrected chi connectivity index (χ0v) is 37.0. The van der Waals surface area contributed by atoms with E-state index in [1.54, 1.807) is 39.2 Å². The van der Waals surface area contributed by atoms with E-state index in [1.807, 2.05) is 63.3 Å². The Kier molecular flexibility index (Phi) is 13.3. The molecule has 1 aromatic heterocycles. The number of methoxy groups -OCH3 is 1. The van der Waals surface area contributed by atoms with E-state index >= 15 is 0 Å². The van der Waals surface area contributed by atoms with Crippen molar-refractivity contribution >= 4 is 51.9 Å². The third-order valence-electron chi connectivity index (χ3n) is 12.4. The number of ether oxygens (including phenoxy) is 4. The number of anilines is 1. The van der Waals surface area contributed by atoms with Crippen molar-refractivity contribution in [2.75, 3.05) is 26.1 Å². The third-order valence-corrected chi connectivity index (χ3v) is 12.9. The molecule has 12 nitrogen and oxygen atoms in total. The van der Waals surface area contributed by atoms with Crippen LogP contribution in [0, 0.1) is 18.8 Å². The average molecular weight is 844 g/mol. The van der Waals surface area contributed by atoms with Gasteiger partial charge in [-0.05, 0) is 81.3 Å². The molecule has 2 saturated heterocycles. The van der Waals surface area contributed by atoms with Crippen molar-refractivity contribution < 1.29 is 43.2 Å². The van der Waals surface area contributed by atoms with Crippen molar-refractivity contribution in [2.45, 2.75) is 122 Å². The molecule has 0 spiro atoms. The van der Waals surface area contributed by atoms with E-state index in [-0.39, 0.29) is 25.2 Å². The molecule has 0 unspecified atom stereocenters. The molecule has 8 atom stereocenters. The molecule has 322 valence electrons. The molecule has 2 aromatic carbocycles. The predicted molar refractivity (Wildman–Crippen MR) is 230 cm³/mol. The van der Waals surface area contributed by atoms with E-state index in [2.05, 4.69) is 18.8 Å². The van der Waals surface area contributed by atoms with Crippen LogP contribution in [0.5, 0.6) is 0 Å². The minimum absolute atomic E-state index is 0.0586. The van der Waals surface area contributed by atoms with E-state index in [0.29, 0.717) is 34.1 Å². The van der Waals surface area contributed by atoms with Gasteiger partial charge in [0.25, 0.3) is 5.91 Å². The number of amides is 2.